The summed E-state index contributed by atoms with van der Waals surface area (Å²) in [5, 5.41) is 10.4. The fourth-order valence-corrected chi connectivity index (χ4v) is 4.62. The molecule has 1 aliphatic rings. The number of hydrogen-bond acceptors (Lipinski definition) is 8. The summed E-state index contributed by atoms with van der Waals surface area (Å²) in [4.78, 5) is 47.5. The number of thioether (sulfide) groups is 1. The smallest absolute Gasteiger partial charge is 0.326 e. The average Bonchev–Trinajstić information content (AvgIpc) is 3.01. The molecule has 172 valence electrons. The molecule has 9 nitrogen and oxygen atoms in total. The third kappa shape index (κ3) is 6.12. The minimum atomic E-state index is -0.665. The van der Waals surface area contributed by atoms with Crippen LogP contribution in [0.5, 0.6) is 5.75 Å². The predicted octanol–water partition coefficient (Wildman–Crippen LogP) is 5.19. The van der Waals surface area contributed by atoms with Crippen LogP contribution in [0.15, 0.2) is 45.8 Å². The van der Waals surface area contributed by atoms with E-state index < -0.39 is 28.6 Å². The fraction of sp³-hybridized carbons (Fsp3) is 0.190. The molecule has 2 aromatic rings. The van der Waals surface area contributed by atoms with Crippen molar-refractivity contribution < 1.29 is 28.8 Å². The van der Waals surface area contributed by atoms with E-state index in [1.807, 2.05) is 0 Å². The van der Waals surface area contributed by atoms with Crippen molar-refractivity contribution in [1.82, 2.24) is 4.90 Å². The molecule has 2 aromatic carbocycles. The number of benzene rings is 2. The molecule has 0 aliphatic carbocycles. The Kier molecular flexibility index (Phi) is 8.11. The number of amides is 2. The molecule has 1 heterocycles. The van der Waals surface area contributed by atoms with Crippen LogP contribution in [0, 0.1) is 10.1 Å². The van der Waals surface area contributed by atoms with Crippen molar-refractivity contribution in [3.05, 3.63) is 72.0 Å². The van der Waals surface area contributed by atoms with E-state index in [-0.39, 0.29) is 28.8 Å². The monoisotopic (exact) mass is 554 g/mol. The summed E-state index contributed by atoms with van der Waals surface area (Å²) in [5.41, 5.74) is 1.23. The van der Waals surface area contributed by atoms with Crippen LogP contribution < -0.4 is 4.74 Å². The second kappa shape index (κ2) is 10.8. The highest BCUT2D eigenvalue weighted by Crippen LogP contribution is 2.38. The maximum absolute atomic E-state index is 12.5. The number of imide groups is 1. The zero-order valence-electron chi connectivity index (χ0n) is 17.1. The summed E-state index contributed by atoms with van der Waals surface area (Å²) in [6.07, 6.45) is 1.49. The van der Waals surface area contributed by atoms with Crippen molar-refractivity contribution in [3.63, 3.8) is 0 Å². The highest BCUT2D eigenvalue weighted by Gasteiger charge is 2.36. The van der Waals surface area contributed by atoms with Gasteiger partial charge in [0.05, 0.1) is 25.9 Å². The third-order valence-electron chi connectivity index (χ3n) is 4.31. The molecule has 0 bridgehead atoms. The van der Waals surface area contributed by atoms with Gasteiger partial charge in [0.25, 0.3) is 16.8 Å². The Bertz CT molecular complexity index is 1130. The zero-order valence-corrected chi connectivity index (χ0v) is 20.2. The Balaban J connectivity index is 1.72. The van der Waals surface area contributed by atoms with Crippen molar-refractivity contribution in [2.75, 3.05) is 13.2 Å². The van der Waals surface area contributed by atoms with Gasteiger partial charge in [-0.1, -0.05) is 11.6 Å². The number of rotatable bonds is 8. The first-order chi connectivity index (χ1) is 15.7. The van der Waals surface area contributed by atoms with E-state index in [1.54, 1.807) is 31.2 Å². The first kappa shape index (κ1) is 24.7. The van der Waals surface area contributed by atoms with Gasteiger partial charge < -0.3 is 9.47 Å². The lowest BCUT2D eigenvalue weighted by Crippen LogP contribution is -2.34. The molecule has 1 aliphatic heterocycles. The summed E-state index contributed by atoms with van der Waals surface area (Å²) < 4.78 is 11.0. The SMILES string of the molecule is CCOC(=O)CN1C(=O)S/C(=C/c2cc(Cl)c(OCc3ccc([N+](=O)[O-])cc3)c(Br)c2)C1=O. The summed E-state index contributed by atoms with van der Waals surface area (Å²) in [6, 6.07) is 9.16. The highest BCUT2D eigenvalue weighted by molar-refractivity contribution is 9.10. The van der Waals surface area contributed by atoms with Crippen molar-refractivity contribution >= 4 is 68.2 Å². The lowest BCUT2D eigenvalue weighted by atomic mass is 10.2. The minimum Gasteiger partial charge on any atom is -0.486 e. The van der Waals surface area contributed by atoms with Gasteiger partial charge in [-0.15, -0.1) is 0 Å². The molecule has 0 aromatic heterocycles. The largest absolute Gasteiger partial charge is 0.486 e. The molecule has 33 heavy (non-hydrogen) atoms. The van der Waals surface area contributed by atoms with E-state index >= 15 is 0 Å². The van der Waals surface area contributed by atoms with Crippen LogP contribution in [0.4, 0.5) is 10.5 Å². The Hall–Kier alpha value is -2.89. The number of hydrogen-bond donors (Lipinski definition) is 0. The standard InChI is InChI=1S/C21H16BrClN2O7S/c1-2-31-18(26)10-24-20(27)17(33-21(24)28)9-13-7-15(22)19(16(23)8-13)32-11-12-3-5-14(6-4-12)25(29)30/h3-9H,2,10-11H2,1H3/b17-9+. The zero-order chi connectivity index (χ0) is 24.1. The molecule has 0 radical (unpaired) electrons. The number of esters is 1. The minimum absolute atomic E-state index is 0.0195. The average molecular weight is 556 g/mol. The molecular formula is C21H16BrClN2O7S. The number of non-ortho nitro benzene ring substituents is 1. The van der Waals surface area contributed by atoms with Gasteiger partial charge in [-0.2, -0.15) is 0 Å². The first-order valence-electron chi connectivity index (χ1n) is 9.45. The topological polar surface area (TPSA) is 116 Å². The van der Waals surface area contributed by atoms with Crippen molar-refractivity contribution in [2.24, 2.45) is 0 Å². The van der Waals surface area contributed by atoms with Gasteiger partial charge in [0.1, 0.15) is 13.2 Å². The molecule has 0 unspecified atom stereocenters. The summed E-state index contributed by atoms with van der Waals surface area (Å²) >= 11 is 10.4. The number of nitrogens with zero attached hydrogens (tertiary/aromatic N) is 2. The molecular weight excluding hydrogens is 540 g/mol. The van der Waals surface area contributed by atoms with Crippen LogP contribution in [-0.2, 0) is 20.9 Å². The molecule has 3 rings (SSSR count). The summed E-state index contributed by atoms with van der Waals surface area (Å²) in [7, 11) is 0. The highest BCUT2D eigenvalue weighted by atomic mass is 79.9. The second-order valence-corrected chi connectivity index (χ2v) is 8.85. The molecule has 1 fully saturated rings. The maximum Gasteiger partial charge on any atom is 0.326 e. The van der Waals surface area contributed by atoms with Crippen molar-refractivity contribution in [1.29, 1.82) is 0 Å². The van der Waals surface area contributed by atoms with Crippen LogP contribution in [0.1, 0.15) is 18.1 Å². The van der Waals surface area contributed by atoms with E-state index in [2.05, 4.69) is 15.9 Å². The Labute approximate surface area is 205 Å². The number of carbonyl (C=O) groups excluding carboxylic acids is 3. The Morgan fingerprint density at radius 2 is 1.97 bits per heavy atom. The van der Waals surface area contributed by atoms with Crippen molar-refractivity contribution in [3.8, 4) is 5.75 Å². The second-order valence-electron chi connectivity index (χ2n) is 6.60. The lowest BCUT2D eigenvalue weighted by molar-refractivity contribution is -0.384. The molecule has 12 heteroatoms. The van der Waals surface area contributed by atoms with Gasteiger partial charge in [-0.3, -0.25) is 29.4 Å². The Morgan fingerprint density at radius 3 is 2.58 bits per heavy atom. The van der Waals surface area contributed by atoms with Gasteiger partial charge in [-0.25, -0.2) is 0 Å². The van der Waals surface area contributed by atoms with Gasteiger partial charge >= 0.3 is 5.97 Å². The molecule has 0 N–H and O–H groups in total. The van der Waals surface area contributed by atoms with E-state index in [1.165, 1.54) is 18.2 Å². The number of nitro benzene ring substituents is 1. The van der Waals surface area contributed by atoms with Crippen molar-refractivity contribution in [2.45, 2.75) is 13.5 Å². The molecule has 0 saturated carbocycles. The third-order valence-corrected chi connectivity index (χ3v) is 6.09. The molecule has 0 atom stereocenters. The quantitative estimate of drug-likeness (QED) is 0.189. The number of nitro groups is 1. The predicted molar refractivity (Wildman–Crippen MR) is 126 cm³/mol. The summed E-state index contributed by atoms with van der Waals surface area (Å²) in [5.74, 6) is -0.909. The van der Waals surface area contributed by atoms with E-state index in [0.717, 1.165) is 4.90 Å². The lowest BCUT2D eigenvalue weighted by Gasteiger charge is -2.12. The molecule has 1 saturated heterocycles. The van der Waals surface area contributed by atoms with E-state index in [9.17, 15) is 24.5 Å². The molecule has 0 spiro atoms. The van der Waals surface area contributed by atoms with Crippen LogP contribution in [0.3, 0.4) is 0 Å². The first-order valence-corrected chi connectivity index (χ1v) is 11.4. The van der Waals surface area contributed by atoms with Crippen LogP contribution in [0.2, 0.25) is 5.02 Å². The van der Waals surface area contributed by atoms with Gasteiger partial charge in [0.2, 0.25) is 0 Å². The van der Waals surface area contributed by atoms with Gasteiger partial charge in [0, 0.05) is 12.1 Å². The fourth-order valence-electron chi connectivity index (χ4n) is 2.79. The number of ether oxygens (including phenoxy) is 2. The Morgan fingerprint density at radius 1 is 1.27 bits per heavy atom. The maximum atomic E-state index is 12.5. The van der Waals surface area contributed by atoms with Crippen LogP contribution in [-0.4, -0.2) is 40.1 Å². The van der Waals surface area contributed by atoms with E-state index in [4.69, 9.17) is 21.1 Å². The normalized spacial score (nSPS) is 14.6. The van der Waals surface area contributed by atoms with E-state index in [0.29, 0.717) is 33.1 Å². The number of carbonyl (C=O) groups is 3. The van der Waals surface area contributed by atoms with Gasteiger partial charge in [-0.05, 0) is 76.1 Å². The summed E-state index contributed by atoms with van der Waals surface area (Å²) in [6.45, 7) is 1.46. The van der Waals surface area contributed by atoms with Crippen LogP contribution in [0.25, 0.3) is 6.08 Å². The van der Waals surface area contributed by atoms with Crippen LogP contribution >= 0.6 is 39.3 Å². The van der Waals surface area contributed by atoms with Gasteiger partial charge in [0.15, 0.2) is 5.75 Å². The number of halogens is 2. The molecule has 2 amide bonds.